The van der Waals surface area contributed by atoms with Crippen LogP contribution in [0.5, 0.6) is 0 Å². The summed E-state index contributed by atoms with van der Waals surface area (Å²) in [7, 11) is 0. The third-order valence-electron chi connectivity index (χ3n) is 6.72. The van der Waals surface area contributed by atoms with E-state index in [4.69, 9.17) is 0 Å². The van der Waals surface area contributed by atoms with Gasteiger partial charge in [0.25, 0.3) is 0 Å². The van der Waals surface area contributed by atoms with Crippen molar-refractivity contribution in [3.8, 4) is 0 Å². The Bertz CT molecular complexity index is 1170. The van der Waals surface area contributed by atoms with Gasteiger partial charge in [0.2, 0.25) is 0 Å². The zero-order valence-electron chi connectivity index (χ0n) is 19.5. The van der Waals surface area contributed by atoms with E-state index in [-0.39, 0.29) is 11.6 Å². The van der Waals surface area contributed by atoms with Crippen LogP contribution < -0.4 is 10.6 Å². The van der Waals surface area contributed by atoms with Crippen LogP contribution in [0.1, 0.15) is 61.4 Å². The van der Waals surface area contributed by atoms with Crippen LogP contribution in [-0.2, 0) is 0 Å². The lowest BCUT2D eigenvalue weighted by Gasteiger charge is -2.26. The van der Waals surface area contributed by atoms with Crippen molar-refractivity contribution in [3.05, 3.63) is 58.0 Å². The number of hydrogen-bond donors (Lipinski definition) is 2. The Morgan fingerprint density at radius 1 is 0.735 bits per heavy atom. The Hall–Kier alpha value is -2.00. The molecule has 0 unspecified atom stereocenters. The molecule has 2 N–H and O–H groups in total. The molecule has 2 fully saturated rings. The van der Waals surface area contributed by atoms with Gasteiger partial charge in [0.1, 0.15) is 22.7 Å². The number of halogens is 2. The number of benzene rings is 2. The van der Waals surface area contributed by atoms with Crippen LogP contribution in [-0.4, -0.2) is 35.1 Å². The Labute approximate surface area is 206 Å². The van der Waals surface area contributed by atoms with Crippen LogP contribution in [0.15, 0.2) is 36.4 Å². The summed E-state index contributed by atoms with van der Waals surface area (Å²) >= 11 is 3.28. The molecule has 8 heteroatoms. The molecule has 2 aromatic heterocycles. The van der Waals surface area contributed by atoms with Gasteiger partial charge in [-0.15, -0.1) is 22.7 Å². The summed E-state index contributed by atoms with van der Waals surface area (Å²) in [4.78, 5) is 8.97. The Kier molecular flexibility index (Phi) is 7.20. The number of piperidine rings is 2. The number of nitrogens with zero attached hydrogens (tertiary/aromatic N) is 2. The van der Waals surface area contributed by atoms with Gasteiger partial charge in [-0.05, 0) is 76.9 Å². The topological polar surface area (TPSA) is 49.8 Å². The van der Waals surface area contributed by atoms with E-state index in [1.54, 1.807) is 34.8 Å². The summed E-state index contributed by atoms with van der Waals surface area (Å²) in [5.41, 5.74) is 1.08. The lowest BCUT2D eigenvalue weighted by molar-refractivity contribution is 0.380. The average Bonchev–Trinajstić information content (AvgIpc) is 3.46. The minimum absolute atomic E-state index is 0.202. The number of hydrogen-bond acceptors (Lipinski definition) is 6. The van der Waals surface area contributed by atoms with Gasteiger partial charge in [-0.3, -0.25) is 0 Å². The predicted octanol–water partition coefficient (Wildman–Crippen LogP) is 6.58. The Morgan fingerprint density at radius 2 is 1.18 bits per heavy atom. The fourth-order valence-electron chi connectivity index (χ4n) is 4.93. The summed E-state index contributed by atoms with van der Waals surface area (Å²) in [5.74, 6) is 0.574. The maximum Gasteiger partial charge on any atom is 0.150 e. The summed E-state index contributed by atoms with van der Waals surface area (Å²) in [6.45, 7) is 6.45. The minimum Gasteiger partial charge on any atom is -0.314 e. The van der Waals surface area contributed by atoms with Crippen molar-refractivity contribution in [2.24, 2.45) is 0 Å². The zero-order valence-corrected chi connectivity index (χ0v) is 21.1. The van der Waals surface area contributed by atoms with Crippen LogP contribution in [0.25, 0.3) is 20.4 Å². The van der Waals surface area contributed by atoms with Crippen molar-refractivity contribution in [2.75, 3.05) is 13.1 Å². The molecular formula is C26H30F2N4S2. The molecule has 0 bridgehead atoms. The maximum absolute atomic E-state index is 13.6. The monoisotopic (exact) mass is 500 g/mol. The largest absolute Gasteiger partial charge is 0.314 e. The first-order chi connectivity index (χ1) is 16.5. The Balaban J connectivity index is 0.000000142. The predicted molar refractivity (Wildman–Crippen MR) is 138 cm³/mol. The van der Waals surface area contributed by atoms with Crippen molar-refractivity contribution in [1.29, 1.82) is 0 Å². The van der Waals surface area contributed by atoms with Gasteiger partial charge in [0.05, 0.1) is 19.4 Å². The zero-order chi connectivity index (χ0) is 23.7. The summed E-state index contributed by atoms with van der Waals surface area (Å²) in [6, 6.07) is 11.4. The summed E-state index contributed by atoms with van der Waals surface area (Å²) in [6.07, 6.45) is 4.40. The highest BCUT2D eigenvalue weighted by atomic mass is 32.1. The molecule has 4 nitrogen and oxygen atoms in total. The molecule has 2 aliphatic rings. The van der Waals surface area contributed by atoms with E-state index in [0.717, 1.165) is 58.2 Å². The maximum atomic E-state index is 13.6. The minimum atomic E-state index is -0.202. The second-order valence-corrected chi connectivity index (χ2v) is 11.6. The van der Waals surface area contributed by atoms with Crippen LogP contribution in [0.3, 0.4) is 0 Å². The van der Waals surface area contributed by atoms with Gasteiger partial charge >= 0.3 is 0 Å². The van der Waals surface area contributed by atoms with Crippen LogP contribution in [0.4, 0.5) is 8.78 Å². The molecule has 34 heavy (non-hydrogen) atoms. The SMILES string of the molecule is C[C@@H]1C[C@@H](c2nc3c(F)cccc3s2)CCN1.C[C@H]1C[C@@H](c2nc3c(F)cccc3s2)CCN1. The van der Waals surface area contributed by atoms with Gasteiger partial charge in [0, 0.05) is 23.9 Å². The van der Waals surface area contributed by atoms with E-state index in [9.17, 15) is 8.78 Å². The third-order valence-corrected chi connectivity index (χ3v) is 9.08. The van der Waals surface area contributed by atoms with E-state index in [0.29, 0.717) is 35.0 Å². The number of fused-ring (bicyclic) bond motifs is 2. The van der Waals surface area contributed by atoms with Crippen LogP contribution in [0.2, 0.25) is 0 Å². The highest BCUT2D eigenvalue weighted by Gasteiger charge is 2.24. The normalized spacial score (nSPS) is 25.3. The van der Waals surface area contributed by atoms with Crippen molar-refractivity contribution < 1.29 is 8.78 Å². The summed E-state index contributed by atoms with van der Waals surface area (Å²) < 4.78 is 29.1. The van der Waals surface area contributed by atoms with E-state index in [1.807, 2.05) is 12.1 Å². The van der Waals surface area contributed by atoms with Crippen molar-refractivity contribution in [1.82, 2.24) is 20.6 Å². The number of para-hydroxylation sites is 2. The van der Waals surface area contributed by atoms with Crippen molar-refractivity contribution in [2.45, 2.75) is 63.5 Å². The van der Waals surface area contributed by atoms with Gasteiger partial charge < -0.3 is 10.6 Å². The van der Waals surface area contributed by atoms with Gasteiger partial charge in [-0.1, -0.05) is 12.1 Å². The lowest BCUT2D eigenvalue weighted by atomic mass is 9.94. The molecule has 2 aliphatic heterocycles. The molecular weight excluding hydrogens is 470 g/mol. The van der Waals surface area contributed by atoms with Gasteiger partial charge in [0.15, 0.2) is 0 Å². The molecule has 0 saturated carbocycles. The fraction of sp³-hybridized carbons (Fsp3) is 0.462. The first kappa shape index (κ1) is 23.7. The Morgan fingerprint density at radius 3 is 1.56 bits per heavy atom. The van der Waals surface area contributed by atoms with Gasteiger partial charge in [-0.2, -0.15) is 0 Å². The van der Waals surface area contributed by atoms with E-state index in [2.05, 4.69) is 34.4 Å². The van der Waals surface area contributed by atoms with Crippen LogP contribution >= 0.6 is 22.7 Å². The molecule has 2 aromatic carbocycles. The lowest BCUT2D eigenvalue weighted by Crippen LogP contribution is -2.34. The van der Waals surface area contributed by atoms with Crippen LogP contribution in [0, 0.1) is 11.6 Å². The smallest absolute Gasteiger partial charge is 0.150 e. The molecule has 4 aromatic rings. The van der Waals surface area contributed by atoms with E-state index < -0.39 is 0 Å². The number of thiazole rings is 2. The molecule has 4 atom stereocenters. The van der Waals surface area contributed by atoms with Crippen molar-refractivity contribution >= 4 is 43.1 Å². The van der Waals surface area contributed by atoms with E-state index in [1.165, 1.54) is 12.1 Å². The molecule has 0 radical (unpaired) electrons. The average molecular weight is 501 g/mol. The quantitative estimate of drug-likeness (QED) is 0.326. The standard InChI is InChI=1S/2C13H15FN2S/c2*1-8-7-9(5-6-15-8)13-16-12-10(14)3-2-4-11(12)17-13/h2*2-4,8-9,15H,5-7H2,1H3/t8-,9+;8-,9-/m10/s1. The fourth-order valence-corrected chi connectivity index (χ4v) is 7.18. The second kappa shape index (κ2) is 10.3. The first-order valence-electron chi connectivity index (χ1n) is 12.0. The highest BCUT2D eigenvalue weighted by Crippen LogP contribution is 2.35. The number of nitrogens with one attached hydrogen (secondary N) is 2. The molecule has 2 saturated heterocycles. The third kappa shape index (κ3) is 5.15. The molecule has 0 aliphatic carbocycles. The summed E-state index contributed by atoms with van der Waals surface area (Å²) in [5, 5.41) is 9.05. The molecule has 0 spiro atoms. The molecule has 4 heterocycles. The number of rotatable bonds is 2. The molecule has 0 amide bonds. The molecule has 6 rings (SSSR count). The highest BCUT2D eigenvalue weighted by molar-refractivity contribution is 7.19. The van der Waals surface area contributed by atoms with Gasteiger partial charge in [-0.25, -0.2) is 18.7 Å². The number of aromatic nitrogens is 2. The molecule has 180 valence electrons. The second-order valence-electron chi connectivity index (χ2n) is 9.43. The van der Waals surface area contributed by atoms with Crippen molar-refractivity contribution in [3.63, 3.8) is 0 Å². The first-order valence-corrected chi connectivity index (χ1v) is 13.7. The van der Waals surface area contributed by atoms with E-state index >= 15 is 0 Å².